The Morgan fingerprint density at radius 3 is 2.70 bits per heavy atom. The Morgan fingerprint density at radius 2 is 1.97 bits per heavy atom. The van der Waals surface area contributed by atoms with Crippen LogP contribution in [0.5, 0.6) is 0 Å². The molecule has 1 atom stereocenters. The van der Waals surface area contributed by atoms with Crippen LogP contribution in [0.1, 0.15) is 57.3 Å². The Bertz CT molecular complexity index is 1120. The number of hydrogen-bond acceptors (Lipinski definition) is 6. The first-order chi connectivity index (χ1) is 15.9. The van der Waals surface area contributed by atoms with Gasteiger partial charge in [-0.25, -0.2) is 4.98 Å². The van der Waals surface area contributed by atoms with E-state index in [4.69, 9.17) is 9.72 Å². The molecule has 0 spiro atoms. The van der Waals surface area contributed by atoms with Crippen LogP contribution in [0.3, 0.4) is 0 Å². The average molecular weight is 470 g/mol. The Kier molecular flexibility index (Phi) is 7.96. The topological polar surface area (TPSA) is 78.5 Å². The summed E-state index contributed by atoms with van der Waals surface area (Å²) in [7, 11) is 0. The molecule has 178 valence electrons. The third-order valence-corrected chi connectivity index (χ3v) is 7.31. The van der Waals surface area contributed by atoms with Gasteiger partial charge in [0.25, 0.3) is 5.56 Å². The zero-order chi connectivity index (χ0) is 23.4. The molecule has 33 heavy (non-hydrogen) atoms. The number of aromatic amines is 1. The number of nitrogens with one attached hydrogen (secondary N) is 1. The molecule has 0 radical (unpaired) electrons. The van der Waals surface area contributed by atoms with Gasteiger partial charge in [-0.3, -0.25) is 9.69 Å². The van der Waals surface area contributed by atoms with E-state index in [-0.39, 0.29) is 11.7 Å². The predicted molar refractivity (Wildman–Crippen MR) is 135 cm³/mol. The number of H-pyrrole nitrogens is 1. The summed E-state index contributed by atoms with van der Waals surface area (Å²) in [6, 6.07) is 8.51. The molecule has 3 aromatic rings. The Morgan fingerprint density at radius 1 is 1.21 bits per heavy atom. The smallest absolute Gasteiger partial charge is 0.260 e. The van der Waals surface area contributed by atoms with Crippen LogP contribution in [-0.4, -0.2) is 51.4 Å². The molecule has 1 saturated carbocycles. The second-order valence-corrected chi connectivity index (χ2v) is 10.3. The first kappa shape index (κ1) is 24.1. The lowest BCUT2D eigenvalue weighted by Gasteiger charge is -2.35. The molecular formula is C26H35N3O3S. The number of benzene rings is 1. The molecule has 2 aromatic heterocycles. The van der Waals surface area contributed by atoms with E-state index in [9.17, 15) is 9.90 Å². The lowest BCUT2D eigenvalue weighted by molar-refractivity contribution is -0.0189. The summed E-state index contributed by atoms with van der Waals surface area (Å²) in [6.07, 6.45) is 5.41. The monoisotopic (exact) mass is 469 g/mol. The number of hydrogen-bond donors (Lipinski definition) is 2. The third kappa shape index (κ3) is 5.90. The highest BCUT2D eigenvalue weighted by atomic mass is 32.1. The van der Waals surface area contributed by atoms with E-state index in [1.54, 1.807) is 0 Å². The SMILES string of the molecule is Cc1ccccc1-c1csc2nc(CN(CC(O)COC(C)C)C3CCCCC3)[nH]c(=O)c12. The highest BCUT2D eigenvalue weighted by molar-refractivity contribution is 7.17. The summed E-state index contributed by atoms with van der Waals surface area (Å²) < 4.78 is 5.62. The molecule has 1 aliphatic carbocycles. The second-order valence-electron chi connectivity index (χ2n) is 9.41. The van der Waals surface area contributed by atoms with Crippen molar-refractivity contribution in [2.45, 2.75) is 77.7 Å². The molecule has 2 N–H and O–H groups in total. The number of thiophene rings is 1. The minimum atomic E-state index is -0.570. The molecule has 1 aliphatic rings. The lowest BCUT2D eigenvalue weighted by Crippen LogP contribution is -2.43. The summed E-state index contributed by atoms with van der Waals surface area (Å²) in [6.45, 7) is 7.35. The molecule has 2 heterocycles. The van der Waals surface area contributed by atoms with Crippen molar-refractivity contribution in [1.82, 2.24) is 14.9 Å². The molecule has 0 amide bonds. The van der Waals surface area contributed by atoms with Crippen LogP contribution < -0.4 is 5.56 Å². The van der Waals surface area contributed by atoms with E-state index < -0.39 is 6.10 Å². The van der Waals surface area contributed by atoms with Crippen LogP contribution in [0, 0.1) is 6.92 Å². The maximum Gasteiger partial charge on any atom is 0.260 e. The van der Waals surface area contributed by atoms with Crippen molar-refractivity contribution in [2.75, 3.05) is 13.2 Å². The number of aliphatic hydroxyl groups excluding tert-OH is 1. The number of aryl methyl sites for hydroxylation is 1. The van der Waals surface area contributed by atoms with Gasteiger partial charge in [0.15, 0.2) is 0 Å². The lowest BCUT2D eigenvalue weighted by atomic mass is 9.94. The van der Waals surface area contributed by atoms with Crippen LogP contribution in [0.2, 0.25) is 0 Å². The highest BCUT2D eigenvalue weighted by Gasteiger charge is 2.25. The molecule has 7 heteroatoms. The van der Waals surface area contributed by atoms with Crippen molar-refractivity contribution in [3.63, 3.8) is 0 Å². The summed E-state index contributed by atoms with van der Waals surface area (Å²) in [5.41, 5.74) is 3.06. The molecule has 6 nitrogen and oxygen atoms in total. The molecule has 1 unspecified atom stereocenters. The van der Waals surface area contributed by atoms with Gasteiger partial charge < -0.3 is 14.8 Å². The van der Waals surface area contributed by atoms with Crippen LogP contribution >= 0.6 is 11.3 Å². The second kappa shape index (κ2) is 10.9. The van der Waals surface area contributed by atoms with Crippen LogP contribution in [-0.2, 0) is 11.3 Å². The summed E-state index contributed by atoms with van der Waals surface area (Å²) in [5, 5.41) is 13.3. The van der Waals surface area contributed by atoms with Crippen LogP contribution in [0.4, 0.5) is 0 Å². The van der Waals surface area contributed by atoms with Crippen molar-refractivity contribution in [1.29, 1.82) is 0 Å². The molecule has 1 fully saturated rings. The first-order valence-electron chi connectivity index (χ1n) is 12.0. The fourth-order valence-corrected chi connectivity index (χ4v) is 5.71. The standard InChI is InChI=1S/C26H35N3O3S/c1-17(2)32-15-20(30)13-29(19-10-5-4-6-11-19)14-23-27-25(31)24-22(16-33-26(24)28-23)21-12-8-7-9-18(21)3/h7-9,12,16-17,19-20,30H,4-6,10-11,13-15H2,1-3H3,(H,27,28,31). The van der Waals surface area contributed by atoms with E-state index in [2.05, 4.69) is 28.9 Å². The molecular weight excluding hydrogens is 434 g/mol. The van der Waals surface area contributed by atoms with Crippen LogP contribution in [0.25, 0.3) is 21.3 Å². The normalized spacial score (nSPS) is 16.2. The maximum absolute atomic E-state index is 13.1. The van der Waals surface area contributed by atoms with Gasteiger partial charge in [-0.15, -0.1) is 11.3 Å². The minimum Gasteiger partial charge on any atom is -0.389 e. The van der Waals surface area contributed by atoms with Crippen LogP contribution in [0.15, 0.2) is 34.4 Å². The van der Waals surface area contributed by atoms with Crippen molar-refractivity contribution < 1.29 is 9.84 Å². The number of aromatic nitrogens is 2. The zero-order valence-electron chi connectivity index (χ0n) is 19.8. The number of rotatable bonds is 9. The van der Waals surface area contributed by atoms with Gasteiger partial charge in [0.2, 0.25) is 0 Å². The molecule has 4 rings (SSSR count). The number of nitrogens with zero attached hydrogens (tertiary/aromatic N) is 2. The summed E-state index contributed by atoms with van der Waals surface area (Å²) in [5.74, 6) is 0.660. The van der Waals surface area contributed by atoms with Gasteiger partial charge in [-0.2, -0.15) is 0 Å². The molecule has 1 aromatic carbocycles. The zero-order valence-corrected chi connectivity index (χ0v) is 20.7. The Balaban J connectivity index is 1.59. The van der Waals surface area contributed by atoms with Crippen molar-refractivity contribution in [3.8, 4) is 11.1 Å². The summed E-state index contributed by atoms with van der Waals surface area (Å²) >= 11 is 1.51. The number of aliphatic hydroxyl groups is 1. The van der Waals surface area contributed by atoms with Crippen molar-refractivity contribution >= 4 is 21.6 Å². The Labute approximate surface area is 199 Å². The van der Waals surface area contributed by atoms with Gasteiger partial charge in [-0.1, -0.05) is 43.5 Å². The van der Waals surface area contributed by atoms with E-state index >= 15 is 0 Å². The van der Waals surface area contributed by atoms with E-state index in [0.717, 1.165) is 34.4 Å². The molecule has 0 bridgehead atoms. The minimum absolute atomic E-state index is 0.0875. The molecule has 0 aliphatic heterocycles. The fraction of sp³-hybridized carbons (Fsp3) is 0.538. The number of ether oxygens (including phenoxy) is 1. The fourth-order valence-electron chi connectivity index (χ4n) is 4.75. The van der Waals surface area contributed by atoms with E-state index in [1.807, 2.05) is 31.4 Å². The Hall–Kier alpha value is -2.06. The van der Waals surface area contributed by atoms with Gasteiger partial charge in [0.1, 0.15) is 10.7 Å². The van der Waals surface area contributed by atoms with E-state index in [1.165, 1.54) is 30.6 Å². The largest absolute Gasteiger partial charge is 0.389 e. The average Bonchev–Trinajstić information content (AvgIpc) is 3.22. The van der Waals surface area contributed by atoms with Crippen molar-refractivity contribution in [3.05, 3.63) is 51.4 Å². The summed E-state index contributed by atoms with van der Waals surface area (Å²) in [4.78, 5) is 24.1. The molecule has 0 saturated heterocycles. The van der Waals surface area contributed by atoms with E-state index in [0.29, 0.717) is 36.9 Å². The quantitative estimate of drug-likeness (QED) is 0.467. The first-order valence-corrected chi connectivity index (χ1v) is 12.9. The highest BCUT2D eigenvalue weighted by Crippen LogP contribution is 2.33. The van der Waals surface area contributed by atoms with Gasteiger partial charge in [0.05, 0.1) is 30.7 Å². The van der Waals surface area contributed by atoms with Gasteiger partial charge >= 0.3 is 0 Å². The van der Waals surface area contributed by atoms with Gasteiger partial charge in [-0.05, 0) is 44.7 Å². The predicted octanol–water partition coefficient (Wildman–Crippen LogP) is 4.88. The third-order valence-electron chi connectivity index (χ3n) is 6.44. The van der Waals surface area contributed by atoms with Gasteiger partial charge in [0, 0.05) is 23.5 Å². The maximum atomic E-state index is 13.1. The van der Waals surface area contributed by atoms with Crippen molar-refractivity contribution in [2.24, 2.45) is 0 Å². The number of fused-ring (bicyclic) bond motifs is 1.